The lowest BCUT2D eigenvalue weighted by Gasteiger charge is -2.16. The minimum Gasteiger partial charge on any atom is -0.480 e. The fourth-order valence-electron chi connectivity index (χ4n) is 2.22. The molecule has 1 aromatic rings. The minimum atomic E-state index is -4.69. The molecule has 1 aliphatic rings. The molecule has 21 heavy (non-hydrogen) atoms. The summed E-state index contributed by atoms with van der Waals surface area (Å²) in [5.74, 6) is -2.18. The highest BCUT2D eigenvalue weighted by Gasteiger charge is 2.37. The van der Waals surface area contributed by atoms with E-state index in [0.717, 1.165) is 12.8 Å². The molecule has 1 amide bonds. The molecule has 116 valence electrons. The van der Waals surface area contributed by atoms with Crippen LogP contribution >= 0.6 is 0 Å². The quantitative estimate of drug-likeness (QED) is 0.883. The van der Waals surface area contributed by atoms with Crippen LogP contribution in [0, 0.1) is 0 Å². The molecule has 1 atom stereocenters. The van der Waals surface area contributed by atoms with Gasteiger partial charge in [0.05, 0.1) is 6.42 Å². The lowest BCUT2D eigenvalue weighted by atomic mass is 9.96. The molecule has 1 unspecified atom stereocenters. The molecule has 1 heterocycles. The normalized spacial score (nSPS) is 16.1. The van der Waals surface area contributed by atoms with Crippen LogP contribution in [0.4, 0.5) is 13.2 Å². The van der Waals surface area contributed by atoms with Crippen LogP contribution in [0.2, 0.25) is 0 Å². The number of aromatic nitrogens is 1. The van der Waals surface area contributed by atoms with Gasteiger partial charge in [0.15, 0.2) is 5.69 Å². The van der Waals surface area contributed by atoms with Gasteiger partial charge in [-0.1, -0.05) is 5.16 Å². The Morgan fingerprint density at radius 3 is 2.62 bits per heavy atom. The van der Waals surface area contributed by atoms with E-state index in [4.69, 9.17) is 9.63 Å². The van der Waals surface area contributed by atoms with Crippen molar-refractivity contribution in [3.63, 3.8) is 0 Å². The van der Waals surface area contributed by atoms with E-state index in [-0.39, 0.29) is 5.69 Å². The Bertz CT molecular complexity index is 553. The Hall–Kier alpha value is -2.06. The number of fused-ring (bicyclic) bond motifs is 1. The van der Waals surface area contributed by atoms with Crippen molar-refractivity contribution in [3.05, 3.63) is 17.0 Å². The molecule has 0 radical (unpaired) electrons. The van der Waals surface area contributed by atoms with Crippen molar-refractivity contribution >= 4 is 11.9 Å². The van der Waals surface area contributed by atoms with Gasteiger partial charge in [0.1, 0.15) is 11.8 Å². The zero-order valence-electron chi connectivity index (χ0n) is 10.9. The number of carbonyl (C=O) groups is 2. The molecule has 0 saturated heterocycles. The van der Waals surface area contributed by atoms with E-state index in [9.17, 15) is 22.8 Å². The number of carbonyl (C=O) groups excluding carboxylic acids is 1. The number of carboxylic acid groups (broad SMARTS) is 1. The number of hydrogen-bond acceptors (Lipinski definition) is 4. The number of carboxylic acids is 1. The van der Waals surface area contributed by atoms with Gasteiger partial charge in [-0.05, 0) is 19.3 Å². The lowest BCUT2D eigenvalue weighted by Crippen LogP contribution is -2.44. The maximum absolute atomic E-state index is 12.3. The number of aliphatic carboxylic acids is 1. The third kappa shape index (κ3) is 3.73. The van der Waals surface area contributed by atoms with Gasteiger partial charge in [0, 0.05) is 12.0 Å². The Morgan fingerprint density at radius 2 is 2.00 bits per heavy atom. The van der Waals surface area contributed by atoms with Crippen molar-refractivity contribution in [2.24, 2.45) is 0 Å². The number of nitrogens with zero attached hydrogens (tertiary/aromatic N) is 1. The van der Waals surface area contributed by atoms with Gasteiger partial charge in [0.2, 0.25) is 0 Å². The number of rotatable bonds is 4. The van der Waals surface area contributed by atoms with Crippen molar-refractivity contribution in [2.75, 3.05) is 0 Å². The van der Waals surface area contributed by atoms with Crippen LogP contribution in [-0.2, 0) is 17.6 Å². The summed E-state index contributed by atoms with van der Waals surface area (Å²) in [6.45, 7) is 0. The standard InChI is InChI=1S/C12H13F3N2O4/c13-12(14,15)5-7(11(19)20)16-10(18)9-6-3-1-2-4-8(6)21-17-9/h7H,1-5H2,(H,16,18)(H,19,20). The molecule has 6 nitrogen and oxygen atoms in total. The second-order valence-electron chi connectivity index (χ2n) is 4.82. The van der Waals surface area contributed by atoms with Crippen LogP contribution < -0.4 is 5.32 Å². The minimum absolute atomic E-state index is 0.127. The Labute approximate surface area is 117 Å². The molecule has 0 bridgehead atoms. The summed E-state index contributed by atoms with van der Waals surface area (Å²) in [6, 6.07) is -2.05. The zero-order valence-corrected chi connectivity index (χ0v) is 10.9. The second-order valence-corrected chi connectivity index (χ2v) is 4.82. The van der Waals surface area contributed by atoms with Gasteiger partial charge >= 0.3 is 12.1 Å². The molecule has 1 aromatic heterocycles. The van der Waals surface area contributed by atoms with Gasteiger partial charge in [-0.3, -0.25) is 4.79 Å². The van der Waals surface area contributed by atoms with Gasteiger partial charge in [-0.2, -0.15) is 13.2 Å². The van der Waals surface area contributed by atoms with Gasteiger partial charge in [0.25, 0.3) is 5.91 Å². The van der Waals surface area contributed by atoms with Crippen LogP contribution in [0.15, 0.2) is 4.52 Å². The highest BCUT2D eigenvalue weighted by atomic mass is 19.4. The van der Waals surface area contributed by atoms with Crippen LogP contribution in [0.1, 0.15) is 41.1 Å². The Balaban J connectivity index is 2.12. The van der Waals surface area contributed by atoms with Crippen molar-refractivity contribution < 1.29 is 32.4 Å². The molecule has 0 aromatic carbocycles. The topological polar surface area (TPSA) is 92.4 Å². The molecule has 0 aliphatic heterocycles. The zero-order chi connectivity index (χ0) is 15.6. The molecular weight excluding hydrogens is 293 g/mol. The molecule has 0 fully saturated rings. The largest absolute Gasteiger partial charge is 0.480 e. The number of nitrogens with one attached hydrogen (secondary N) is 1. The molecule has 2 rings (SSSR count). The summed E-state index contributed by atoms with van der Waals surface area (Å²) < 4.78 is 41.8. The molecule has 0 spiro atoms. The average Bonchev–Trinajstić information content (AvgIpc) is 2.80. The highest BCUT2D eigenvalue weighted by Crippen LogP contribution is 2.25. The number of alkyl halides is 3. The number of aryl methyl sites for hydroxylation is 1. The lowest BCUT2D eigenvalue weighted by molar-refractivity contribution is -0.157. The van der Waals surface area contributed by atoms with E-state index in [0.29, 0.717) is 24.2 Å². The molecular formula is C12H13F3N2O4. The summed E-state index contributed by atoms with van der Waals surface area (Å²) >= 11 is 0. The summed E-state index contributed by atoms with van der Waals surface area (Å²) in [6.07, 6.45) is -3.48. The van der Waals surface area contributed by atoms with Crippen LogP contribution in [-0.4, -0.2) is 34.4 Å². The van der Waals surface area contributed by atoms with Gasteiger partial charge in [-0.25, -0.2) is 4.79 Å². The van der Waals surface area contributed by atoms with Crippen molar-refractivity contribution in [3.8, 4) is 0 Å². The molecule has 2 N–H and O–H groups in total. The van der Waals surface area contributed by atoms with Gasteiger partial charge in [-0.15, -0.1) is 0 Å². The van der Waals surface area contributed by atoms with E-state index in [2.05, 4.69) is 5.16 Å². The molecule has 0 saturated carbocycles. The first-order valence-electron chi connectivity index (χ1n) is 6.36. The van der Waals surface area contributed by atoms with Crippen molar-refractivity contribution in [1.29, 1.82) is 0 Å². The number of hydrogen-bond donors (Lipinski definition) is 2. The summed E-state index contributed by atoms with van der Waals surface area (Å²) in [7, 11) is 0. The molecule has 1 aliphatic carbocycles. The Morgan fingerprint density at radius 1 is 1.33 bits per heavy atom. The summed E-state index contributed by atoms with van der Waals surface area (Å²) in [4.78, 5) is 22.7. The van der Waals surface area contributed by atoms with Crippen LogP contribution in [0.3, 0.4) is 0 Å². The van der Waals surface area contributed by atoms with Crippen molar-refractivity contribution in [1.82, 2.24) is 10.5 Å². The van der Waals surface area contributed by atoms with E-state index < -0.39 is 30.5 Å². The van der Waals surface area contributed by atoms with Crippen LogP contribution in [0.5, 0.6) is 0 Å². The first-order chi connectivity index (χ1) is 9.78. The summed E-state index contributed by atoms with van der Waals surface area (Å²) in [5, 5.41) is 14.2. The monoisotopic (exact) mass is 306 g/mol. The number of amides is 1. The SMILES string of the molecule is O=C(NC(CC(F)(F)F)C(=O)O)c1noc2c1CCCC2. The predicted octanol–water partition coefficient (Wildman–Crippen LogP) is 1.69. The maximum Gasteiger partial charge on any atom is 0.391 e. The average molecular weight is 306 g/mol. The van der Waals surface area contributed by atoms with E-state index in [1.807, 2.05) is 5.32 Å². The van der Waals surface area contributed by atoms with E-state index in [1.54, 1.807) is 0 Å². The summed E-state index contributed by atoms with van der Waals surface area (Å²) in [5.41, 5.74) is 0.424. The third-order valence-electron chi connectivity index (χ3n) is 3.20. The fourth-order valence-corrected chi connectivity index (χ4v) is 2.22. The maximum atomic E-state index is 12.3. The van der Waals surface area contributed by atoms with Crippen LogP contribution in [0.25, 0.3) is 0 Å². The predicted molar refractivity (Wildman–Crippen MR) is 62.7 cm³/mol. The third-order valence-corrected chi connectivity index (χ3v) is 3.20. The first kappa shape index (κ1) is 15.3. The molecule has 9 heteroatoms. The van der Waals surface area contributed by atoms with Gasteiger partial charge < -0.3 is 14.9 Å². The van der Waals surface area contributed by atoms with E-state index >= 15 is 0 Å². The highest BCUT2D eigenvalue weighted by molar-refractivity contribution is 5.96. The smallest absolute Gasteiger partial charge is 0.391 e. The fraction of sp³-hybridized carbons (Fsp3) is 0.583. The van der Waals surface area contributed by atoms with E-state index in [1.165, 1.54) is 0 Å². The van der Waals surface area contributed by atoms with Crippen molar-refractivity contribution in [2.45, 2.75) is 44.3 Å². The first-order valence-corrected chi connectivity index (χ1v) is 6.36. The number of halogens is 3. The second kappa shape index (κ2) is 5.74. The Kier molecular flexibility index (Phi) is 4.19.